The van der Waals surface area contributed by atoms with Gasteiger partial charge in [-0.05, 0) is 25.1 Å². The monoisotopic (exact) mass is 303 g/mol. The van der Waals surface area contributed by atoms with E-state index in [9.17, 15) is 4.79 Å². The summed E-state index contributed by atoms with van der Waals surface area (Å²) in [7, 11) is 1.90. The first-order valence-electron chi connectivity index (χ1n) is 6.36. The van der Waals surface area contributed by atoms with Crippen LogP contribution in [0.25, 0.3) is 0 Å². The maximum atomic E-state index is 11.8. The van der Waals surface area contributed by atoms with Gasteiger partial charge in [0.05, 0.1) is 16.9 Å². The summed E-state index contributed by atoms with van der Waals surface area (Å²) >= 11 is 7.44. The van der Waals surface area contributed by atoms with Crippen molar-refractivity contribution in [2.24, 2.45) is 11.7 Å². The van der Waals surface area contributed by atoms with Crippen LogP contribution < -0.4 is 11.1 Å². The topological polar surface area (TPSA) is 58.4 Å². The predicted molar refractivity (Wildman–Crippen MR) is 81.6 cm³/mol. The molecule has 1 aromatic rings. The molecule has 1 aromatic heterocycles. The summed E-state index contributed by atoms with van der Waals surface area (Å²) in [4.78, 5) is 14.8. The normalized spacial score (nSPS) is 13.0. The third-order valence-corrected chi connectivity index (χ3v) is 4.11. The van der Waals surface area contributed by atoms with E-state index < -0.39 is 0 Å². The molecule has 0 radical (unpaired) electrons. The van der Waals surface area contributed by atoms with E-state index in [-0.39, 0.29) is 11.9 Å². The molecule has 1 unspecified atom stereocenters. The minimum atomic E-state index is 0.0253. The Morgan fingerprint density at radius 2 is 2.21 bits per heavy atom. The summed E-state index contributed by atoms with van der Waals surface area (Å²) < 4.78 is 0.742. The molecule has 0 bridgehead atoms. The third kappa shape index (κ3) is 5.48. The summed E-state index contributed by atoms with van der Waals surface area (Å²) in [5.41, 5.74) is 5.80. The van der Waals surface area contributed by atoms with Gasteiger partial charge in [0.1, 0.15) is 0 Å². The van der Waals surface area contributed by atoms with Gasteiger partial charge in [-0.2, -0.15) is 0 Å². The van der Waals surface area contributed by atoms with Crippen LogP contribution in [-0.4, -0.2) is 37.5 Å². The maximum Gasteiger partial charge on any atom is 0.234 e. The third-order valence-electron chi connectivity index (χ3n) is 2.78. The van der Waals surface area contributed by atoms with Gasteiger partial charge in [0, 0.05) is 18.0 Å². The molecule has 1 atom stereocenters. The van der Waals surface area contributed by atoms with Gasteiger partial charge in [-0.25, -0.2) is 0 Å². The highest BCUT2D eigenvalue weighted by Gasteiger charge is 2.19. The highest BCUT2D eigenvalue weighted by Crippen LogP contribution is 2.29. The number of likely N-dealkylation sites (N-methyl/N-ethyl adjacent to an activating group) is 1. The number of carbonyl (C=O) groups excluding carboxylic acids is 1. The zero-order valence-corrected chi connectivity index (χ0v) is 13.2. The first-order valence-corrected chi connectivity index (χ1v) is 7.55. The minimum absolute atomic E-state index is 0.0253. The largest absolute Gasteiger partial charge is 0.355 e. The van der Waals surface area contributed by atoms with Crippen LogP contribution in [0.15, 0.2) is 12.1 Å². The molecule has 19 heavy (non-hydrogen) atoms. The average molecular weight is 304 g/mol. The van der Waals surface area contributed by atoms with E-state index in [1.807, 2.05) is 24.1 Å². The van der Waals surface area contributed by atoms with Gasteiger partial charge in [0.15, 0.2) is 0 Å². The number of nitrogens with two attached hydrogens (primary N) is 1. The molecule has 1 heterocycles. The number of halogens is 1. The number of thiophene rings is 1. The van der Waals surface area contributed by atoms with Crippen molar-refractivity contribution in [1.29, 1.82) is 0 Å². The Morgan fingerprint density at radius 1 is 1.53 bits per heavy atom. The zero-order valence-electron chi connectivity index (χ0n) is 11.6. The van der Waals surface area contributed by atoms with Crippen LogP contribution in [-0.2, 0) is 4.79 Å². The smallest absolute Gasteiger partial charge is 0.234 e. The second kappa shape index (κ2) is 7.85. The SMILES string of the molecule is CC(C)CNC(=O)CN(C)C(CN)c1ccc(Cl)s1. The summed E-state index contributed by atoms with van der Waals surface area (Å²) in [5, 5.41) is 2.90. The fourth-order valence-electron chi connectivity index (χ4n) is 1.73. The van der Waals surface area contributed by atoms with Crippen LogP contribution in [0.5, 0.6) is 0 Å². The lowest BCUT2D eigenvalue weighted by Gasteiger charge is -2.25. The van der Waals surface area contributed by atoms with Crippen LogP contribution in [0, 0.1) is 5.92 Å². The Balaban J connectivity index is 2.54. The van der Waals surface area contributed by atoms with Gasteiger partial charge in [0.2, 0.25) is 5.91 Å². The van der Waals surface area contributed by atoms with Gasteiger partial charge >= 0.3 is 0 Å². The molecule has 0 saturated carbocycles. The summed E-state index contributed by atoms with van der Waals surface area (Å²) in [6.07, 6.45) is 0. The van der Waals surface area contributed by atoms with Crippen molar-refractivity contribution in [2.75, 3.05) is 26.7 Å². The van der Waals surface area contributed by atoms with E-state index in [1.165, 1.54) is 11.3 Å². The molecule has 3 N–H and O–H groups in total. The van der Waals surface area contributed by atoms with Gasteiger partial charge < -0.3 is 11.1 Å². The van der Waals surface area contributed by atoms with Crippen molar-refractivity contribution in [2.45, 2.75) is 19.9 Å². The van der Waals surface area contributed by atoms with Crippen LogP contribution in [0.1, 0.15) is 24.8 Å². The number of nitrogens with zero attached hydrogens (tertiary/aromatic N) is 1. The lowest BCUT2D eigenvalue weighted by Crippen LogP contribution is -2.40. The number of nitrogens with one attached hydrogen (secondary N) is 1. The maximum absolute atomic E-state index is 11.8. The van der Waals surface area contributed by atoms with Crippen LogP contribution in [0.4, 0.5) is 0 Å². The highest BCUT2D eigenvalue weighted by molar-refractivity contribution is 7.16. The van der Waals surface area contributed by atoms with Gasteiger partial charge in [-0.15, -0.1) is 11.3 Å². The Kier molecular flexibility index (Phi) is 6.79. The second-order valence-corrected chi connectivity index (χ2v) is 6.75. The number of hydrogen-bond donors (Lipinski definition) is 2. The molecular formula is C13H22ClN3OS. The van der Waals surface area contributed by atoms with Crippen molar-refractivity contribution in [3.63, 3.8) is 0 Å². The van der Waals surface area contributed by atoms with Crippen molar-refractivity contribution < 1.29 is 4.79 Å². The number of rotatable bonds is 7. The van der Waals surface area contributed by atoms with E-state index >= 15 is 0 Å². The Labute approximate surface area is 123 Å². The van der Waals surface area contributed by atoms with Crippen LogP contribution in [0.3, 0.4) is 0 Å². The van der Waals surface area contributed by atoms with Crippen molar-refractivity contribution >= 4 is 28.8 Å². The second-order valence-electron chi connectivity index (χ2n) is 5.01. The van der Waals surface area contributed by atoms with Gasteiger partial charge in [-0.1, -0.05) is 25.4 Å². The first-order chi connectivity index (χ1) is 8.93. The standard InChI is InChI=1S/C13H22ClN3OS/c1-9(2)7-16-13(18)8-17(3)10(6-15)11-4-5-12(14)19-11/h4-5,9-10H,6-8,15H2,1-3H3,(H,16,18). The Hall–Kier alpha value is -0.620. The van der Waals surface area contributed by atoms with Gasteiger partial charge in [-0.3, -0.25) is 9.69 Å². The molecule has 0 fully saturated rings. The lowest BCUT2D eigenvalue weighted by atomic mass is 10.2. The fourth-order valence-corrected chi connectivity index (χ4v) is 2.97. The molecule has 108 valence electrons. The van der Waals surface area contributed by atoms with E-state index in [4.69, 9.17) is 17.3 Å². The van der Waals surface area contributed by atoms with Crippen LogP contribution >= 0.6 is 22.9 Å². The van der Waals surface area contributed by atoms with E-state index in [1.54, 1.807) is 0 Å². The molecule has 0 aliphatic heterocycles. The lowest BCUT2D eigenvalue weighted by molar-refractivity contribution is -0.122. The number of hydrogen-bond acceptors (Lipinski definition) is 4. The summed E-state index contributed by atoms with van der Waals surface area (Å²) in [5.74, 6) is 0.480. The number of carbonyl (C=O) groups is 1. The number of amides is 1. The van der Waals surface area contributed by atoms with E-state index in [2.05, 4.69) is 19.2 Å². The van der Waals surface area contributed by atoms with Crippen molar-refractivity contribution in [1.82, 2.24) is 10.2 Å². The predicted octanol–water partition coefficient (Wildman–Crippen LogP) is 2.11. The van der Waals surface area contributed by atoms with Gasteiger partial charge in [0.25, 0.3) is 0 Å². The molecule has 0 spiro atoms. The molecule has 0 aliphatic rings. The Morgan fingerprint density at radius 3 is 2.68 bits per heavy atom. The molecule has 4 nitrogen and oxygen atoms in total. The van der Waals surface area contributed by atoms with E-state index in [0.29, 0.717) is 25.6 Å². The molecule has 1 amide bonds. The molecule has 1 rings (SSSR count). The quantitative estimate of drug-likeness (QED) is 0.811. The highest BCUT2D eigenvalue weighted by atomic mass is 35.5. The summed E-state index contributed by atoms with van der Waals surface area (Å²) in [6.45, 7) is 5.64. The minimum Gasteiger partial charge on any atom is -0.355 e. The van der Waals surface area contributed by atoms with Crippen molar-refractivity contribution in [3.05, 3.63) is 21.3 Å². The molecule has 0 aliphatic carbocycles. The Bertz CT molecular complexity index is 408. The summed E-state index contributed by atoms with van der Waals surface area (Å²) in [6, 6.07) is 3.85. The van der Waals surface area contributed by atoms with Crippen molar-refractivity contribution in [3.8, 4) is 0 Å². The fraction of sp³-hybridized carbons (Fsp3) is 0.615. The molecule has 0 saturated heterocycles. The van der Waals surface area contributed by atoms with Crippen LogP contribution in [0.2, 0.25) is 4.34 Å². The van der Waals surface area contributed by atoms with E-state index in [0.717, 1.165) is 9.21 Å². The molecule has 6 heteroatoms. The molecular weight excluding hydrogens is 282 g/mol. The zero-order chi connectivity index (χ0) is 14.4. The average Bonchev–Trinajstić information content (AvgIpc) is 2.74. The first kappa shape index (κ1) is 16.4. The molecule has 0 aromatic carbocycles.